The number of anilines is 1. The van der Waals surface area contributed by atoms with Crippen molar-refractivity contribution in [3.63, 3.8) is 0 Å². The first-order valence-electron chi connectivity index (χ1n) is 7.56. The van der Waals surface area contributed by atoms with Crippen LogP contribution in [-0.2, 0) is 6.54 Å². The Bertz CT molecular complexity index is 943. The van der Waals surface area contributed by atoms with Crippen LogP contribution in [0.25, 0.3) is 0 Å². The normalized spacial score (nSPS) is 10.4. The van der Waals surface area contributed by atoms with Gasteiger partial charge in [-0.2, -0.15) is 0 Å². The SMILES string of the molecule is O=C(Nc1ccccc1C(=O)NCc1ccco1)c1cnc(Cl)c(Cl)c1. The topological polar surface area (TPSA) is 84.2 Å². The van der Waals surface area contributed by atoms with Crippen molar-refractivity contribution in [1.82, 2.24) is 10.3 Å². The summed E-state index contributed by atoms with van der Waals surface area (Å²) in [5.41, 5.74) is 0.908. The maximum atomic E-state index is 12.4. The molecule has 0 spiro atoms. The van der Waals surface area contributed by atoms with E-state index in [0.29, 0.717) is 17.0 Å². The molecule has 3 aromatic rings. The van der Waals surface area contributed by atoms with Gasteiger partial charge in [-0.1, -0.05) is 35.3 Å². The molecule has 3 rings (SSSR count). The fourth-order valence-corrected chi connectivity index (χ4v) is 2.48. The lowest BCUT2D eigenvalue weighted by molar-refractivity contribution is 0.0949. The number of furan rings is 1. The Hall–Kier alpha value is -2.83. The molecule has 8 heteroatoms. The smallest absolute Gasteiger partial charge is 0.257 e. The van der Waals surface area contributed by atoms with E-state index >= 15 is 0 Å². The number of para-hydroxylation sites is 1. The van der Waals surface area contributed by atoms with E-state index in [2.05, 4.69) is 15.6 Å². The van der Waals surface area contributed by atoms with Crippen LogP contribution >= 0.6 is 23.2 Å². The molecule has 0 bridgehead atoms. The molecule has 2 heterocycles. The number of pyridine rings is 1. The van der Waals surface area contributed by atoms with Crippen molar-refractivity contribution in [2.45, 2.75) is 6.54 Å². The molecule has 0 aliphatic heterocycles. The van der Waals surface area contributed by atoms with Gasteiger partial charge < -0.3 is 15.1 Å². The van der Waals surface area contributed by atoms with Crippen LogP contribution in [0.2, 0.25) is 10.2 Å². The molecule has 0 aliphatic rings. The minimum Gasteiger partial charge on any atom is -0.467 e. The zero-order valence-electron chi connectivity index (χ0n) is 13.3. The minimum absolute atomic E-state index is 0.112. The van der Waals surface area contributed by atoms with Crippen LogP contribution in [0.4, 0.5) is 5.69 Å². The number of aromatic nitrogens is 1. The summed E-state index contributed by atoms with van der Waals surface area (Å²) in [6.45, 7) is 0.241. The fourth-order valence-electron chi connectivity index (χ4n) is 2.21. The molecule has 2 aromatic heterocycles. The Morgan fingerprint density at radius 3 is 2.62 bits per heavy atom. The van der Waals surface area contributed by atoms with Crippen LogP contribution in [0.15, 0.2) is 59.3 Å². The summed E-state index contributed by atoms with van der Waals surface area (Å²) in [5.74, 6) is -0.173. The third kappa shape index (κ3) is 4.22. The van der Waals surface area contributed by atoms with Crippen molar-refractivity contribution in [3.05, 3.63) is 82.0 Å². The van der Waals surface area contributed by atoms with Crippen LogP contribution in [0, 0.1) is 0 Å². The van der Waals surface area contributed by atoms with Crippen LogP contribution in [0.3, 0.4) is 0 Å². The summed E-state index contributed by atoms with van der Waals surface area (Å²) in [5, 5.41) is 5.70. The Morgan fingerprint density at radius 1 is 1.08 bits per heavy atom. The Kier molecular flexibility index (Phi) is 5.55. The predicted molar refractivity (Wildman–Crippen MR) is 98.5 cm³/mol. The molecule has 0 radical (unpaired) electrons. The van der Waals surface area contributed by atoms with Gasteiger partial charge in [-0.15, -0.1) is 0 Å². The molecule has 0 aliphatic carbocycles. The van der Waals surface area contributed by atoms with E-state index in [1.807, 2.05) is 0 Å². The molecule has 0 saturated carbocycles. The summed E-state index contributed by atoms with van der Waals surface area (Å²) in [4.78, 5) is 28.7. The number of nitrogens with one attached hydrogen (secondary N) is 2. The first kappa shape index (κ1) is 18.0. The van der Waals surface area contributed by atoms with Crippen molar-refractivity contribution in [2.75, 3.05) is 5.32 Å². The highest BCUT2D eigenvalue weighted by molar-refractivity contribution is 6.41. The molecule has 132 valence electrons. The molecular formula is C18H13Cl2N3O3. The van der Waals surface area contributed by atoms with Gasteiger partial charge in [0.15, 0.2) is 0 Å². The van der Waals surface area contributed by atoms with E-state index in [1.54, 1.807) is 36.4 Å². The summed E-state index contributed by atoms with van der Waals surface area (Å²) in [7, 11) is 0. The first-order valence-corrected chi connectivity index (χ1v) is 8.32. The average molecular weight is 390 g/mol. The number of nitrogens with zero attached hydrogens (tertiary/aromatic N) is 1. The van der Waals surface area contributed by atoms with Gasteiger partial charge in [-0.05, 0) is 30.3 Å². The number of amides is 2. The summed E-state index contributed by atoms with van der Waals surface area (Å²) < 4.78 is 5.18. The summed E-state index contributed by atoms with van der Waals surface area (Å²) in [6.07, 6.45) is 2.84. The fraction of sp³-hybridized carbons (Fsp3) is 0.0556. The number of benzene rings is 1. The second-order valence-electron chi connectivity index (χ2n) is 5.26. The van der Waals surface area contributed by atoms with Gasteiger partial charge in [0.25, 0.3) is 11.8 Å². The molecule has 0 atom stereocenters. The molecular weight excluding hydrogens is 377 g/mol. The number of hydrogen-bond acceptors (Lipinski definition) is 4. The van der Waals surface area contributed by atoms with E-state index in [4.69, 9.17) is 27.6 Å². The third-order valence-corrected chi connectivity index (χ3v) is 4.17. The predicted octanol–water partition coefficient (Wildman–Crippen LogP) is 4.16. The van der Waals surface area contributed by atoms with E-state index in [0.717, 1.165) is 0 Å². The standard InChI is InChI=1S/C18H13Cl2N3O3/c19-14-8-11(9-21-16(14)20)17(24)23-15-6-2-1-5-13(15)18(25)22-10-12-4-3-7-26-12/h1-9H,10H2,(H,22,25)(H,23,24). The maximum Gasteiger partial charge on any atom is 0.257 e. The lowest BCUT2D eigenvalue weighted by Gasteiger charge is -2.11. The highest BCUT2D eigenvalue weighted by Gasteiger charge is 2.15. The Balaban J connectivity index is 1.74. The van der Waals surface area contributed by atoms with Crippen molar-refractivity contribution < 1.29 is 14.0 Å². The number of halogens is 2. The third-order valence-electron chi connectivity index (χ3n) is 3.48. The van der Waals surface area contributed by atoms with E-state index in [1.165, 1.54) is 18.5 Å². The molecule has 2 N–H and O–H groups in total. The highest BCUT2D eigenvalue weighted by atomic mass is 35.5. The lowest BCUT2D eigenvalue weighted by atomic mass is 10.1. The van der Waals surface area contributed by atoms with Gasteiger partial charge in [0.2, 0.25) is 0 Å². The van der Waals surface area contributed by atoms with Crippen molar-refractivity contribution >= 4 is 40.7 Å². The van der Waals surface area contributed by atoms with Gasteiger partial charge in [0, 0.05) is 6.20 Å². The number of carbonyl (C=O) groups excluding carboxylic acids is 2. The minimum atomic E-state index is -0.456. The first-order chi connectivity index (χ1) is 12.5. The van der Waals surface area contributed by atoms with Crippen LogP contribution < -0.4 is 10.6 Å². The number of carbonyl (C=O) groups is 2. The largest absolute Gasteiger partial charge is 0.467 e. The summed E-state index contributed by atoms with van der Waals surface area (Å²) >= 11 is 11.6. The molecule has 6 nitrogen and oxygen atoms in total. The molecule has 1 aromatic carbocycles. The van der Waals surface area contributed by atoms with Crippen molar-refractivity contribution in [3.8, 4) is 0 Å². The molecule has 26 heavy (non-hydrogen) atoms. The Labute approximate surface area is 159 Å². The monoisotopic (exact) mass is 389 g/mol. The quantitative estimate of drug-likeness (QED) is 0.641. The maximum absolute atomic E-state index is 12.4. The van der Waals surface area contributed by atoms with E-state index < -0.39 is 5.91 Å². The Morgan fingerprint density at radius 2 is 1.88 bits per heavy atom. The van der Waals surface area contributed by atoms with E-state index in [9.17, 15) is 9.59 Å². The molecule has 0 saturated heterocycles. The van der Waals surface area contributed by atoms with Gasteiger partial charge in [-0.25, -0.2) is 4.98 Å². The molecule has 0 unspecified atom stereocenters. The van der Waals surface area contributed by atoms with Crippen LogP contribution in [0.5, 0.6) is 0 Å². The average Bonchev–Trinajstić information content (AvgIpc) is 3.16. The number of hydrogen-bond donors (Lipinski definition) is 2. The van der Waals surface area contributed by atoms with E-state index in [-0.39, 0.29) is 28.2 Å². The molecule has 0 fully saturated rings. The van der Waals surface area contributed by atoms with Crippen molar-refractivity contribution in [1.29, 1.82) is 0 Å². The lowest BCUT2D eigenvalue weighted by Crippen LogP contribution is -2.24. The van der Waals surface area contributed by atoms with Crippen molar-refractivity contribution in [2.24, 2.45) is 0 Å². The van der Waals surface area contributed by atoms with Gasteiger partial charge in [0.1, 0.15) is 10.9 Å². The van der Waals surface area contributed by atoms with Gasteiger partial charge in [-0.3, -0.25) is 9.59 Å². The van der Waals surface area contributed by atoms with Gasteiger partial charge in [0.05, 0.1) is 34.6 Å². The zero-order chi connectivity index (χ0) is 18.5. The van der Waals surface area contributed by atoms with Crippen LogP contribution in [-0.4, -0.2) is 16.8 Å². The molecule has 2 amide bonds. The number of rotatable bonds is 5. The summed E-state index contributed by atoms with van der Waals surface area (Å²) in [6, 6.07) is 11.6. The van der Waals surface area contributed by atoms with Crippen LogP contribution in [0.1, 0.15) is 26.5 Å². The second kappa shape index (κ2) is 8.03. The zero-order valence-corrected chi connectivity index (χ0v) is 14.8. The highest BCUT2D eigenvalue weighted by Crippen LogP contribution is 2.21. The van der Waals surface area contributed by atoms with Gasteiger partial charge >= 0.3 is 0 Å². The second-order valence-corrected chi connectivity index (χ2v) is 6.02.